The molecule has 3 aromatic carbocycles. The van der Waals surface area contributed by atoms with Crippen LogP contribution in [0, 0.1) is 0 Å². The molecule has 0 saturated heterocycles. The van der Waals surface area contributed by atoms with Crippen LogP contribution in [0.2, 0.25) is 5.02 Å². The smallest absolute Gasteiger partial charge is 0.169 e. The van der Waals surface area contributed by atoms with E-state index >= 15 is 0 Å². The molecule has 0 N–H and O–H groups in total. The molecule has 1 heterocycles. The summed E-state index contributed by atoms with van der Waals surface area (Å²) in [4.78, 5) is 11.7. The number of hydrogen-bond donors (Lipinski definition) is 0. The Balaban J connectivity index is 1.97. The Morgan fingerprint density at radius 3 is 2.19 bits per heavy atom. The molecular formula is C22H18ClNO2. The van der Waals surface area contributed by atoms with E-state index in [4.69, 9.17) is 16.3 Å². The van der Waals surface area contributed by atoms with E-state index in [1.807, 2.05) is 43.3 Å². The number of carbonyl (C=O) groups is 1. The van der Waals surface area contributed by atoms with Gasteiger partial charge in [0.2, 0.25) is 0 Å². The van der Waals surface area contributed by atoms with Crippen LogP contribution in [0.5, 0.6) is 5.75 Å². The van der Waals surface area contributed by atoms with Crippen LogP contribution in [0.3, 0.4) is 0 Å². The van der Waals surface area contributed by atoms with Crippen molar-refractivity contribution in [1.29, 1.82) is 0 Å². The lowest BCUT2D eigenvalue weighted by Crippen LogP contribution is -2.11. The zero-order valence-corrected chi connectivity index (χ0v) is 15.2. The van der Waals surface area contributed by atoms with Crippen molar-refractivity contribution < 1.29 is 9.53 Å². The van der Waals surface area contributed by atoms with Crippen molar-refractivity contribution in [1.82, 2.24) is 4.57 Å². The first kappa shape index (κ1) is 16.7. The van der Waals surface area contributed by atoms with Gasteiger partial charge in [-0.1, -0.05) is 54.9 Å². The minimum atomic E-state index is 0.0578. The second-order valence-electron chi connectivity index (χ2n) is 6.16. The fraction of sp³-hybridized carbons (Fsp3) is 0.136. The molecular weight excluding hydrogens is 346 g/mol. The van der Waals surface area contributed by atoms with Crippen molar-refractivity contribution in [3.8, 4) is 11.4 Å². The van der Waals surface area contributed by atoms with E-state index in [-0.39, 0.29) is 12.4 Å². The molecule has 0 amide bonds. The van der Waals surface area contributed by atoms with Crippen LogP contribution >= 0.6 is 11.6 Å². The van der Waals surface area contributed by atoms with Crippen LogP contribution in [-0.4, -0.2) is 17.0 Å². The van der Waals surface area contributed by atoms with Gasteiger partial charge in [-0.2, -0.15) is 0 Å². The summed E-state index contributed by atoms with van der Waals surface area (Å²) in [6.07, 6.45) is 0.457. The van der Waals surface area contributed by atoms with E-state index in [0.29, 0.717) is 17.2 Å². The predicted octanol–water partition coefficient (Wildman–Crippen LogP) is 5.80. The largest absolute Gasteiger partial charge is 0.484 e. The Labute approximate surface area is 156 Å². The van der Waals surface area contributed by atoms with Crippen molar-refractivity contribution in [2.24, 2.45) is 0 Å². The minimum Gasteiger partial charge on any atom is -0.484 e. The maximum Gasteiger partial charge on any atom is 0.169 e. The number of halogens is 1. The number of nitrogens with zero attached hydrogens (tertiary/aromatic N) is 1. The molecule has 3 nitrogen and oxygen atoms in total. The molecule has 4 aromatic rings. The first-order chi connectivity index (χ1) is 12.7. The number of ether oxygens (including phenoxy) is 1. The molecule has 0 aliphatic carbocycles. The molecule has 0 fully saturated rings. The standard InChI is InChI=1S/C22H18ClNO2/c1-2-16(25)14-26-22-12-11-15(23)13-21(22)24-19-9-5-3-7-17(19)18-8-4-6-10-20(18)24/h3-13H,2,14H2,1H3. The van der Waals surface area contributed by atoms with Crippen molar-refractivity contribution in [3.05, 3.63) is 71.8 Å². The molecule has 0 aliphatic rings. The molecule has 4 heteroatoms. The number of ketones is 1. The van der Waals surface area contributed by atoms with Gasteiger partial charge < -0.3 is 9.30 Å². The Kier molecular flexibility index (Phi) is 4.39. The predicted molar refractivity (Wildman–Crippen MR) is 107 cm³/mol. The summed E-state index contributed by atoms with van der Waals surface area (Å²) >= 11 is 6.29. The lowest BCUT2D eigenvalue weighted by atomic mass is 10.2. The first-order valence-corrected chi connectivity index (χ1v) is 8.99. The third-order valence-corrected chi connectivity index (χ3v) is 4.76. The molecule has 130 valence electrons. The summed E-state index contributed by atoms with van der Waals surface area (Å²) in [5.74, 6) is 0.704. The number of carbonyl (C=O) groups excluding carboxylic acids is 1. The van der Waals surface area contributed by atoms with Crippen LogP contribution in [-0.2, 0) is 4.79 Å². The second-order valence-corrected chi connectivity index (χ2v) is 6.60. The Morgan fingerprint density at radius 1 is 0.962 bits per heavy atom. The third-order valence-electron chi connectivity index (χ3n) is 4.52. The summed E-state index contributed by atoms with van der Waals surface area (Å²) in [5, 5.41) is 2.95. The number of hydrogen-bond acceptors (Lipinski definition) is 2. The second kappa shape index (κ2) is 6.85. The average Bonchev–Trinajstić information content (AvgIpc) is 3.01. The zero-order chi connectivity index (χ0) is 18.1. The van der Waals surface area contributed by atoms with Gasteiger partial charge in [-0.3, -0.25) is 4.79 Å². The number of fused-ring (bicyclic) bond motifs is 3. The highest BCUT2D eigenvalue weighted by Gasteiger charge is 2.16. The lowest BCUT2D eigenvalue weighted by molar-refractivity contribution is -0.120. The maximum atomic E-state index is 11.7. The van der Waals surface area contributed by atoms with Crippen molar-refractivity contribution in [3.63, 3.8) is 0 Å². The highest BCUT2D eigenvalue weighted by Crippen LogP contribution is 2.36. The van der Waals surface area contributed by atoms with Gasteiger partial charge >= 0.3 is 0 Å². The van der Waals surface area contributed by atoms with Gasteiger partial charge in [0.15, 0.2) is 5.78 Å². The summed E-state index contributed by atoms with van der Waals surface area (Å²) in [6, 6.07) is 22.0. The lowest BCUT2D eigenvalue weighted by Gasteiger charge is -2.14. The van der Waals surface area contributed by atoms with Crippen molar-refractivity contribution in [2.45, 2.75) is 13.3 Å². The van der Waals surface area contributed by atoms with Crippen LogP contribution in [0.25, 0.3) is 27.5 Å². The van der Waals surface area contributed by atoms with Gasteiger partial charge in [-0.25, -0.2) is 0 Å². The van der Waals surface area contributed by atoms with E-state index < -0.39 is 0 Å². The number of Topliss-reactive ketones (excluding diaryl/α,β-unsaturated/α-hetero) is 1. The average molecular weight is 364 g/mol. The fourth-order valence-electron chi connectivity index (χ4n) is 3.23. The summed E-state index contributed by atoms with van der Waals surface area (Å²) in [5.41, 5.74) is 2.98. The summed E-state index contributed by atoms with van der Waals surface area (Å²) in [7, 11) is 0. The summed E-state index contributed by atoms with van der Waals surface area (Å²) < 4.78 is 7.98. The SMILES string of the molecule is CCC(=O)COc1ccc(Cl)cc1-n1c2ccccc2c2ccccc21. The van der Waals surface area contributed by atoms with Gasteiger partial charge in [0.1, 0.15) is 12.4 Å². The molecule has 1 aromatic heterocycles. The van der Waals surface area contributed by atoms with Crippen molar-refractivity contribution >= 4 is 39.2 Å². The molecule has 0 aliphatic heterocycles. The summed E-state index contributed by atoms with van der Waals surface area (Å²) in [6.45, 7) is 1.89. The quantitative estimate of drug-likeness (QED) is 0.449. The third kappa shape index (κ3) is 2.85. The number of benzene rings is 3. The van der Waals surface area contributed by atoms with Gasteiger partial charge in [-0.05, 0) is 30.3 Å². The zero-order valence-electron chi connectivity index (χ0n) is 14.4. The number of rotatable bonds is 5. The molecule has 26 heavy (non-hydrogen) atoms. The van der Waals surface area contributed by atoms with Gasteiger partial charge in [0, 0.05) is 22.2 Å². The van der Waals surface area contributed by atoms with E-state index in [1.165, 1.54) is 10.8 Å². The normalized spacial score (nSPS) is 11.2. The van der Waals surface area contributed by atoms with Crippen molar-refractivity contribution in [2.75, 3.05) is 6.61 Å². The molecule has 0 spiro atoms. The van der Waals surface area contributed by atoms with Gasteiger partial charge in [0.25, 0.3) is 0 Å². The topological polar surface area (TPSA) is 31.2 Å². The molecule has 0 unspecified atom stereocenters. The molecule has 0 saturated carbocycles. The van der Waals surface area contributed by atoms with Crippen LogP contribution < -0.4 is 4.74 Å². The Morgan fingerprint density at radius 2 is 1.58 bits per heavy atom. The molecule has 4 rings (SSSR count). The number of para-hydroxylation sites is 2. The van der Waals surface area contributed by atoms with Crippen LogP contribution in [0.15, 0.2) is 66.7 Å². The maximum absolute atomic E-state index is 11.7. The highest BCUT2D eigenvalue weighted by atomic mass is 35.5. The van der Waals surface area contributed by atoms with E-state index in [9.17, 15) is 4.79 Å². The minimum absolute atomic E-state index is 0.0578. The monoisotopic (exact) mass is 363 g/mol. The Hall–Kier alpha value is -2.78. The van der Waals surface area contributed by atoms with Gasteiger partial charge in [-0.15, -0.1) is 0 Å². The Bertz CT molecular complexity index is 1060. The molecule has 0 bridgehead atoms. The number of aromatic nitrogens is 1. The van der Waals surface area contributed by atoms with E-state index in [0.717, 1.165) is 16.7 Å². The molecule has 0 atom stereocenters. The van der Waals surface area contributed by atoms with E-state index in [2.05, 4.69) is 28.8 Å². The van der Waals surface area contributed by atoms with Gasteiger partial charge in [0.05, 0.1) is 16.7 Å². The molecule has 0 radical (unpaired) electrons. The highest BCUT2D eigenvalue weighted by molar-refractivity contribution is 6.30. The fourth-order valence-corrected chi connectivity index (χ4v) is 3.40. The van der Waals surface area contributed by atoms with E-state index in [1.54, 1.807) is 6.07 Å². The van der Waals surface area contributed by atoms with Crippen LogP contribution in [0.1, 0.15) is 13.3 Å². The van der Waals surface area contributed by atoms with Crippen LogP contribution in [0.4, 0.5) is 0 Å². The first-order valence-electron chi connectivity index (χ1n) is 8.61.